The van der Waals surface area contributed by atoms with Crippen molar-refractivity contribution in [3.63, 3.8) is 0 Å². The molecule has 0 aliphatic heterocycles. The lowest BCUT2D eigenvalue weighted by atomic mass is 9.82. The fourth-order valence-corrected chi connectivity index (χ4v) is 2.38. The van der Waals surface area contributed by atoms with Crippen LogP contribution in [0.4, 0.5) is 10.1 Å². The summed E-state index contributed by atoms with van der Waals surface area (Å²) in [6.07, 6.45) is 4.12. The monoisotopic (exact) mass is 297 g/mol. The largest absolute Gasteiger partial charge is 0.481 e. The molecule has 1 amide bonds. The van der Waals surface area contributed by atoms with Crippen molar-refractivity contribution in [1.29, 1.82) is 0 Å². The molecule has 2 rings (SSSR count). The zero-order chi connectivity index (χ0) is 14.7. The van der Waals surface area contributed by atoms with E-state index >= 15 is 0 Å². The molecule has 0 spiro atoms. The van der Waals surface area contributed by atoms with Crippen LogP contribution < -0.4 is 5.32 Å². The normalized spacial score (nSPS) is 21.5. The van der Waals surface area contributed by atoms with Gasteiger partial charge in [-0.3, -0.25) is 9.59 Å². The Morgan fingerprint density at radius 2 is 1.90 bits per heavy atom. The topological polar surface area (TPSA) is 66.4 Å². The summed E-state index contributed by atoms with van der Waals surface area (Å²) in [6.45, 7) is 0. The van der Waals surface area contributed by atoms with E-state index in [4.69, 9.17) is 16.7 Å². The molecule has 1 aliphatic carbocycles. The van der Waals surface area contributed by atoms with Crippen LogP contribution in [0.5, 0.6) is 0 Å². The molecule has 0 bridgehead atoms. The molecular formula is C14H13ClFNO3. The van der Waals surface area contributed by atoms with Crippen molar-refractivity contribution in [3.8, 4) is 0 Å². The summed E-state index contributed by atoms with van der Waals surface area (Å²) in [5, 5.41) is 11.4. The number of halogens is 2. The van der Waals surface area contributed by atoms with Gasteiger partial charge in [-0.15, -0.1) is 0 Å². The van der Waals surface area contributed by atoms with E-state index in [1.807, 2.05) is 0 Å². The maximum atomic E-state index is 13.7. The van der Waals surface area contributed by atoms with Gasteiger partial charge in [-0.25, -0.2) is 4.39 Å². The van der Waals surface area contributed by atoms with Crippen molar-refractivity contribution in [2.45, 2.75) is 12.8 Å². The lowest BCUT2D eigenvalue weighted by Crippen LogP contribution is -2.34. The van der Waals surface area contributed by atoms with Gasteiger partial charge in [0.05, 0.1) is 22.5 Å². The number of carboxylic acids is 1. The molecule has 4 nitrogen and oxygen atoms in total. The number of aliphatic carboxylic acids is 1. The Bertz CT molecular complexity index is 574. The van der Waals surface area contributed by atoms with Crippen LogP contribution in [0.1, 0.15) is 12.8 Å². The number of benzene rings is 1. The molecule has 1 aromatic rings. The highest BCUT2D eigenvalue weighted by atomic mass is 35.5. The standard InChI is InChI=1S/C14H13ClFNO3/c15-10-6-3-7-11(12(10)16)17-13(18)8-4-1-2-5-9(8)14(19)20/h1-3,6-9H,4-5H2,(H,17,18)(H,19,20)/t8-,9-/m0/s1. The van der Waals surface area contributed by atoms with Crippen molar-refractivity contribution in [2.75, 3.05) is 5.32 Å². The summed E-state index contributed by atoms with van der Waals surface area (Å²) in [5.41, 5.74) is -0.0406. The summed E-state index contributed by atoms with van der Waals surface area (Å²) in [7, 11) is 0. The molecular weight excluding hydrogens is 285 g/mol. The third kappa shape index (κ3) is 2.99. The minimum absolute atomic E-state index is 0.0406. The van der Waals surface area contributed by atoms with Crippen LogP contribution in [0.15, 0.2) is 30.4 Å². The number of carbonyl (C=O) groups excluding carboxylic acids is 1. The number of rotatable bonds is 3. The second-order valence-corrected chi connectivity index (χ2v) is 4.99. The second kappa shape index (κ2) is 6.05. The van der Waals surface area contributed by atoms with Crippen LogP contribution in [0.3, 0.4) is 0 Å². The molecule has 2 N–H and O–H groups in total. The number of carbonyl (C=O) groups is 2. The van der Waals surface area contributed by atoms with Crippen molar-refractivity contribution in [1.82, 2.24) is 0 Å². The Balaban J connectivity index is 2.17. The quantitative estimate of drug-likeness (QED) is 0.843. The molecule has 0 heterocycles. The van der Waals surface area contributed by atoms with Crippen molar-refractivity contribution >= 4 is 29.2 Å². The fourth-order valence-electron chi connectivity index (χ4n) is 2.20. The lowest BCUT2D eigenvalue weighted by Gasteiger charge is -2.24. The zero-order valence-electron chi connectivity index (χ0n) is 10.5. The van der Waals surface area contributed by atoms with Gasteiger partial charge in [0.1, 0.15) is 0 Å². The minimum Gasteiger partial charge on any atom is -0.481 e. The molecule has 2 atom stereocenters. The molecule has 1 aliphatic rings. The van der Waals surface area contributed by atoms with Crippen LogP contribution in [-0.4, -0.2) is 17.0 Å². The Morgan fingerprint density at radius 3 is 2.55 bits per heavy atom. The third-order valence-electron chi connectivity index (χ3n) is 3.30. The third-order valence-corrected chi connectivity index (χ3v) is 3.59. The van der Waals surface area contributed by atoms with E-state index in [9.17, 15) is 14.0 Å². The van der Waals surface area contributed by atoms with Gasteiger partial charge in [-0.2, -0.15) is 0 Å². The second-order valence-electron chi connectivity index (χ2n) is 4.58. The highest BCUT2D eigenvalue weighted by Gasteiger charge is 2.34. The Labute approximate surface area is 120 Å². The number of anilines is 1. The number of allylic oxidation sites excluding steroid dienone is 2. The average molecular weight is 298 g/mol. The first-order valence-electron chi connectivity index (χ1n) is 6.13. The van der Waals surface area contributed by atoms with Crippen LogP contribution in [0.2, 0.25) is 5.02 Å². The minimum atomic E-state index is -1.03. The van der Waals surface area contributed by atoms with Crippen LogP contribution in [0, 0.1) is 17.7 Å². The molecule has 0 radical (unpaired) electrons. The van der Waals surface area contributed by atoms with Gasteiger partial charge in [-0.1, -0.05) is 29.8 Å². The Hall–Kier alpha value is -1.88. The van der Waals surface area contributed by atoms with E-state index in [1.165, 1.54) is 18.2 Å². The van der Waals surface area contributed by atoms with E-state index in [0.717, 1.165) is 0 Å². The molecule has 0 aromatic heterocycles. The summed E-state index contributed by atoms with van der Waals surface area (Å²) in [5.74, 6) is -3.76. The van der Waals surface area contributed by atoms with Gasteiger partial charge in [0.2, 0.25) is 5.91 Å². The van der Waals surface area contributed by atoms with Gasteiger partial charge >= 0.3 is 5.97 Å². The molecule has 0 fully saturated rings. The molecule has 0 saturated heterocycles. The van der Waals surface area contributed by atoms with Crippen molar-refractivity contribution in [3.05, 3.63) is 41.2 Å². The predicted molar refractivity (Wildman–Crippen MR) is 73.0 cm³/mol. The molecule has 6 heteroatoms. The maximum absolute atomic E-state index is 13.7. The van der Waals surface area contributed by atoms with E-state index < -0.39 is 29.5 Å². The summed E-state index contributed by atoms with van der Waals surface area (Å²) in [4.78, 5) is 23.3. The average Bonchev–Trinajstić information content (AvgIpc) is 2.43. The van der Waals surface area contributed by atoms with Gasteiger partial charge < -0.3 is 10.4 Å². The smallest absolute Gasteiger partial charge is 0.307 e. The highest BCUT2D eigenvalue weighted by Crippen LogP contribution is 2.28. The Morgan fingerprint density at radius 1 is 1.25 bits per heavy atom. The first kappa shape index (κ1) is 14.5. The summed E-state index contributed by atoms with van der Waals surface area (Å²) < 4.78 is 13.7. The maximum Gasteiger partial charge on any atom is 0.307 e. The van der Waals surface area contributed by atoms with E-state index in [1.54, 1.807) is 12.2 Å². The van der Waals surface area contributed by atoms with Gasteiger partial charge in [0, 0.05) is 0 Å². The van der Waals surface area contributed by atoms with Gasteiger partial charge in [0.25, 0.3) is 0 Å². The molecule has 20 heavy (non-hydrogen) atoms. The summed E-state index contributed by atoms with van der Waals surface area (Å²) >= 11 is 5.63. The lowest BCUT2D eigenvalue weighted by molar-refractivity contribution is -0.146. The molecule has 106 valence electrons. The zero-order valence-corrected chi connectivity index (χ0v) is 11.2. The molecule has 0 saturated carbocycles. The van der Waals surface area contributed by atoms with E-state index in [0.29, 0.717) is 12.8 Å². The molecule has 0 unspecified atom stereocenters. The van der Waals surface area contributed by atoms with Crippen molar-refractivity contribution in [2.24, 2.45) is 11.8 Å². The Kier molecular flexibility index (Phi) is 4.39. The van der Waals surface area contributed by atoms with Gasteiger partial charge in [0.15, 0.2) is 5.82 Å². The summed E-state index contributed by atoms with van der Waals surface area (Å²) in [6, 6.07) is 4.26. The first-order valence-corrected chi connectivity index (χ1v) is 6.51. The SMILES string of the molecule is O=C(O)[C@H]1CC=CC[C@@H]1C(=O)Nc1cccc(Cl)c1F. The van der Waals surface area contributed by atoms with Gasteiger partial charge in [-0.05, 0) is 25.0 Å². The van der Waals surface area contributed by atoms with Crippen molar-refractivity contribution < 1.29 is 19.1 Å². The number of hydrogen-bond donors (Lipinski definition) is 2. The van der Waals surface area contributed by atoms with Crippen LogP contribution in [-0.2, 0) is 9.59 Å². The van der Waals surface area contributed by atoms with Crippen LogP contribution >= 0.6 is 11.6 Å². The predicted octanol–water partition coefficient (Wildman–Crippen LogP) is 3.08. The van der Waals surface area contributed by atoms with E-state index in [-0.39, 0.29) is 10.7 Å². The van der Waals surface area contributed by atoms with E-state index in [2.05, 4.69) is 5.32 Å². The highest BCUT2D eigenvalue weighted by molar-refractivity contribution is 6.31. The fraction of sp³-hybridized carbons (Fsp3) is 0.286. The first-order chi connectivity index (χ1) is 9.50. The van der Waals surface area contributed by atoms with Crippen LogP contribution in [0.25, 0.3) is 0 Å². The number of nitrogens with one attached hydrogen (secondary N) is 1. The number of carboxylic acid groups (broad SMARTS) is 1. The number of amides is 1. The molecule has 1 aromatic carbocycles. The number of hydrogen-bond acceptors (Lipinski definition) is 2.